The van der Waals surface area contributed by atoms with Gasteiger partial charge in [0, 0.05) is 19.5 Å². The third-order valence-corrected chi connectivity index (χ3v) is 3.17. The quantitative estimate of drug-likeness (QED) is 0.762. The molecule has 0 aromatic carbocycles. The first-order valence-corrected chi connectivity index (χ1v) is 7.46. The molecule has 0 aromatic rings. The second-order valence-corrected chi connectivity index (χ2v) is 5.49. The Morgan fingerprint density at radius 1 is 1.00 bits per heavy atom. The van der Waals surface area contributed by atoms with Gasteiger partial charge < -0.3 is 24.8 Å². The molecule has 6 nitrogen and oxygen atoms in total. The molecule has 1 saturated heterocycles. The number of carbonyl (C=O) groups excluding carboxylic acids is 1. The Morgan fingerprint density at radius 3 is 1.90 bits per heavy atom. The largest absolute Gasteiger partial charge is 0.377 e. The first-order valence-electron chi connectivity index (χ1n) is 7.46. The topological polar surface area (TPSA) is 75.6 Å². The lowest BCUT2D eigenvalue weighted by molar-refractivity contribution is -0.408. The molecule has 1 rings (SSSR count). The third kappa shape index (κ3) is 7.19. The van der Waals surface area contributed by atoms with Gasteiger partial charge in [-0.1, -0.05) is 13.8 Å². The molecular formula is C14H29N2O4+. The Morgan fingerprint density at radius 2 is 1.45 bits per heavy atom. The van der Waals surface area contributed by atoms with E-state index < -0.39 is 0 Å². The van der Waals surface area contributed by atoms with Crippen molar-refractivity contribution >= 4 is 5.91 Å². The molecule has 1 heterocycles. The van der Waals surface area contributed by atoms with Gasteiger partial charge in [0.05, 0.1) is 39.6 Å². The van der Waals surface area contributed by atoms with E-state index in [9.17, 15) is 4.79 Å². The minimum atomic E-state index is -0.189. The molecule has 118 valence electrons. The maximum atomic E-state index is 12.4. The number of rotatable bonds is 3. The molecule has 0 unspecified atom stereocenters. The van der Waals surface area contributed by atoms with Crippen LogP contribution in [-0.2, 0) is 19.0 Å². The fraction of sp³-hybridized carbons (Fsp3) is 0.929. The van der Waals surface area contributed by atoms with Crippen molar-refractivity contribution in [2.24, 2.45) is 5.92 Å². The fourth-order valence-electron chi connectivity index (χ4n) is 2.15. The first kappa shape index (κ1) is 17.4. The van der Waals surface area contributed by atoms with E-state index in [0.717, 1.165) is 6.42 Å². The van der Waals surface area contributed by atoms with Crippen molar-refractivity contribution in [1.29, 1.82) is 0 Å². The van der Waals surface area contributed by atoms with Crippen LogP contribution in [0, 0.1) is 5.92 Å². The summed E-state index contributed by atoms with van der Waals surface area (Å²) in [6, 6.07) is -0.189. The van der Waals surface area contributed by atoms with Crippen LogP contribution in [0.4, 0.5) is 0 Å². The molecule has 3 N–H and O–H groups in total. The van der Waals surface area contributed by atoms with Crippen LogP contribution in [0.25, 0.3) is 0 Å². The highest BCUT2D eigenvalue weighted by molar-refractivity contribution is 5.80. The van der Waals surface area contributed by atoms with Crippen LogP contribution in [0.15, 0.2) is 0 Å². The lowest BCUT2D eigenvalue weighted by atomic mass is 10.0. The highest BCUT2D eigenvalue weighted by Crippen LogP contribution is 2.05. The minimum absolute atomic E-state index is 0.0965. The third-order valence-electron chi connectivity index (χ3n) is 3.17. The fourth-order valence-corrected chi connectivity index (χ4v) is 2.15. The Labute approximate surface area is 121 Å². The van der Waals surface area contributed by atoms with Gasteiger partial charge in [-0.15, -0.1) is 0 Å². The van der Waals surface area contributed by atoms with Crippen LogP contribution in [0.1, 0.15) is 20.3 Å². The average Bonchev–Trinajstić information content (AvgIpc) is 2.38. The van der Waals surface area contributed by atoms with E-state index in [1.165, 1.54) is 0 Å². The summed E-state index contributed by atoms with van der Waals surface area (Å²) >= 11 is 0. The average molecular weight is 289 g/mol. The Hall–Kier alpha value is -0.690. The van der Waals surface area contributed by atoms with Crippen molar-refractivity contribution in [3.05, 3.63) is 0 Å². The zero-order chi connectivity index (χ0) is 14.8. The Bertz CT molecular complexity index is 262. The molecule has 1 aliphatic heterocycles. The highest BCUT2D eigenvalue weighted by atomic mass is 16.5. The second-order valence-electron chi connectivity index (χ2n) is 5.49. The molecule has 0 saturated carbocycles. The summed E-state index contributed by atoms with van der Waals surface area (Å²) in [7, 11) is 0. The molecular weight excluding hydrogens is 260 g/mol. The minimum Gasteiger partial charge on any atom is -0.377 e. The van der Waals surface area contributed by atoms with Crippen molar-refractivity contribution < 1.29 is 24.7 Å². The monoisotopic (exact) mass is 289 g/mol. The number of hydrogen-bond donors (Lipinski definition) is 1. The highest BCUT2D eigenvalue weighted by Gasteiger charge is 2.24. The molecule has 6 heteroatoms. The van der Waals surface area contributed by atoms with Gasteiger partial charge in [0.1, 0.15) is 0 Å². The van der Waals surface area contributed by atoms with E-state index in [4.69, 9.17) is 14.2 Å². The van der Waals surface area contributed by atoms with Crippen molar-refractivity contribution in [2.75, 3.05) is 52.7 Å². The Kier molecular flexibility index (Phi) is 8.77. The number of quaternary nitrogens is 1. The molecule has 0 bridgehead atoms. The molecule has 0 aromatic heterocycles. The van der Waals surface area contributed by atoms with E-state index in [0.29, 0.717) is 58.6 Å². The van der Waals surface area contributed by atoms with Crippen LogP contribution in [0.2, 0.25) is 0 Å². The van der Waals surface area contributed by atoms with Gasteiger partial charge in [0.25, 0.3) is 5.91 Å². The van der Waals surface area contributed by atoms with Crippen LogP contribution in [0.5, 0.6) is 0 Å². The number of amides is 1. The molecule has 1 aliphatic rings. The van der Waals surface area contributed by atoms with Crippen LogP contribution < -0.4 is 5.73 Å². The second kappa shape index (κ2) is 10.1. The lowest BCUT2D eigenvalue weighted by Crippen LogP contribution is -2.68. The summed E-state index contributed by atoms with van der Waals surface area (Å²) < 4.78 is 16.3. The van der Waals surface area contributed by atoms with Crippen LogP contribution in [-0.4, -0.2) is 69.6 Å². The zero-order valence-corrected chi connectivity index (χ0v) is 12.8. The lowest BCUT2D eigenvalue weighted by Gasteiger charge is -2.25. The van der Waals surface area contributed by atoms with Gasteiger partial charge in [-0.2, -0.15) is 0 Å². The zero-order valence-electron chi connectivity index (χ0n) is 12.8. The van der Waals surface area contributed by atoms with Crippen molar-refractivity contribution in [3.8, 4) is 0 Å². The molecule has 1 atom stereocenters. The molecule has 1 amide bonds. The van der Waals surface area contributed by atoms with Gasteiger partial charge in [0.15, 0.2) is 6.04 Å². The maximum absolute atomic E-state index is 12.4. The van der Waals surface area contributed by atoms with Gasteiger partial charge in [-0.25, -0.2) is 0 Å². The van der Waals surface area contributed by atoms with Gasteiger partial charge in [-0.05, 0) is 5.92 Å². The molecule has 1 fully saturated rings. The van der Waals surface area contributed by atoms with E-state index in [1.54, 1.807) is 0 Å². The van der Waals surface area contributed by atoms with Gasteiger partial charge >= 0.3 is 0 Å². The Balaban J connectivity index is 2.46. The SMILES string of the molecule is CC(C)C[C@H]([NH3+])C(=O)N1CCOCCOCCOCC1. The van der Waals surface area contributed by atoms with E-state index in [-0.39, 0.29) is 11.9 Å². The first-order chi connectivity index (χ1) is 9.61. The van der Waals surface area contributed by atoms with E-state index >= 15 is 0 Å². The van der Waals surface area contributed by atoms with E-state index in [1.807, 2.05) is 4.90 Å². The van der Waals surface area contributed by atoms with Crippen molar-refractivity contribution in [3.63, 3.8) is 0 Å². The summed E-state index contributed by atoms with van der Waals surface area (Å²) in [4.78, 5) is 14.2. The predicted octanol–water partition coefficient (Wildman–Crippen LogP) is -0.465. The van der Waals surface area contributed by atoms with Crippen molar-refractivity contribution in [1.82, 2.24) is 4.90 Å². The van der Waals surface area contributed by atoms with Crippen LogP contribution in [0.3, 0.4) is 0 Å². The summed E-state index contributed by atoms with van der Waals surface area (Å²) in [6.45, 7) is 8.71. The molecule has 20 heavy (non-hydrogen) atoms. The molecule has 0 spiro atoms. The number of carbonyl (C=O) groups is 1. The summed E-state index contributed by atoms with van der Waals surface area (Å²) in [5.41, 5.74) is 3.99. The maximum Gasteiger partial charge on any atom is 0.280 e. The molecule has 0 radical (unpaired) electrons. The van der Waals surface area contributed by atoms with Crippen LogP contribution >= 0.6 is 0 Å². The summed E-state index contributed by atoms with van der Waals surface area (Å²) in [5, 5.41) is 0. The molecule has 0 aliphatic carbocycles. The predicted molar refractivity (Wildman–Crippen MR) is 75.2 cm³/mol. The van der Waals surface area contributed by atoms with Gasteiger partial charge in [0.2, 0.25) is 0 Å². The number of ether oxygens (including phenoxy) is 3. The normalized spacial score (nSPS) is 21.1. The number of nitrogens with zero attached hydrogens (tertiary/aromatic N) is 1. The standard InChI is InChI=1S/C14H28N2O4/c1-12(2)11-13(15)14(17)16-3-5-18-7-9-20-10-8-19-6-4-16/h12-13H,3-11,15H2,1-2H3/p+1/t13-/m0/s1. The van der Waals surface area contributed by atoms with Crippen molar-refractivity contribution in [2.45, 2.75) is 26.3 Å². The smallest absolute Gasteiger partial charge is 0.280 e. The number of hydrogen-bond acceptors (Lipinski definition) is 4. The summed E-state index contributed by atoms with van der Waals surface area (Å²) in [6.07, 6.45) is 0.810. The summed E-state index contributed by atoms with van der Waals surface area (Å²) in [5.74, 6) is 0.567. The van der Waals surface area contributed by atoms with E-state index in [2.05, 4.69) is 19.6 Å². The van der Waals surface area contributed by atoms with Gasteiger partial charge in [-0.3, -0.25) is 4.79 Å².